The molecule has 12 rings (SSSR count). The normalized spacial score (nSPS) is 12.3. The van der Waals surface area contributed by atoms with E-state index in [-0.39, 0.29) is 0 Å². The summed E-state index contributed by atoms with van der Waals surface area (Å²) in [4.78, 5) is 18.1. The molecule has 4 heterocycles. The van der Waals surface area contributed by atoms with Gasteiger partial charge in [-0.2, -0.15) is 0 Å². The van der Waals surface area contributed by atoms with Gasteiger partial charge in [0.05, 0.1) is 16.7 Å². The molecule has 5 nitrogen and oxygen atoms in total. The quantitative estimate of drug-likeness (QED) is 0.170. The number of benzene rings is 8. The van der Waals surface area contributed by atoms with E-state index in [0.717, 1.165) is 49.4 Å². The Kier molecular flexibility index (Phi) is 6.50. The molecule has 1 aliphatic heterocycles. The zero-order valence-electron chi connectivity index (χ0n) is 29.4. The second kappa shape index (κ2) is 11.7. The maximum atomic E-state index is 5.37. The number of hydrogen-bond acceptors (Lipinski definition) is 4. The second-order valence-electron chi connectivity index (χ2n) is 14.0. The van der Waals surface area contributed by atoms with Gasteiger partial charge in [0.1, 0.15) is 5.65 Å². The first kappa shape index (κ1) is 30.4. The van der Waals surface area contributed by atoms with Gasteiger partial charge in [-0.25, -0.2) is 15.0 Å². The lowest BCUT2D eigenvalue weighted by molar-refractivity contribution is 1.02. The van der Waals surface area contributed by atoms with Crippen LogP contribution in [0.25, 0.3) is 99.9 Å². The summed E-state index contributed by atoms with van der Waals surface area (Å²) in [5, 5.41) is 8.40. The van der Waals surface area contributed by atoms with Gasteiger partial charge in [0.25, 0.3) is 0 Å². The van der Waals surface area contributed by atoms with Crippen LogP contribution >= 0.6 is 11.8 Å². The van der Waals surface area contributed by atoms with Crippen molar-refractivity contribution in [3.63, 3.8) is 0 Å². The molecule has 0 aliphatic carbocycles. The largest absolute Gasteiger partial charge is 0.295 e. The van der Waals surface area contributed by atoms with Crippen molar-refractivity contribution in [3.05, 3.63) is 176 Å². The molecule has 0 atom stereocenters. The Hall–Kier alpha value is -7.02. The Labute approximate surface area is 320 Å². The fourth-order valence-corrected chi connectivity index (χ4v) is 9.78. The number of rotatable bonds is 4. The summed E-state index contributed by atoms with van der Waals surface area (Å²) in [6.07, 6.45) is 0. The van der Waals surface area contributed by atoms with Gasteiger partial charge in [0, 0.05) is 48.3 Å². The highest BCUT2D eigenvalue weighted by molar-refractivity contribution is 8.00. The van der Waals surface area contributed by atoms with Gasteiger partial charge in [-0.1, -0.05) is 145 Å². The van der Waals surface area contributed by atoms with Crippen LogP contribution in [0.15, 0.2) is 186 Å². The second-order valence-corrected chi connectivity index (χ2v) is 15.0. The lowest BCUT2D eigenvalue weighted by Crippen LogP contribution is -2.07. The fraction of sp³-hybridized carbons (Fsp3) is 0. The van der Waals surface area contributed by atoms with Crippen LogP contribution in [-0.2, 0) is 0 Å². The predicted molar refractivity (Wildman–Crippen MR) is 226 cm³/mol. The third kappa shape index (κ3) is 4.46. The summed E-state index contributed by atoms with van der Waals surface area (Å²) in [6, 6.07) is 62.3. The maximum absolute atomic E-state index is 5.37. The van der Waals surface area contributed by atoms with E-state index in [9.17, 15) is 0 Å². The molecule has 6 heteroatoms. The molecule has 0 fully saturated rings. The van der Waals surface area contributed by atoms with Gasteiger partial charge in [-0.15, -0.1) is 0 Å². The first-order chi connectivity index (χ1) is 27.3. The van der Waals surface area contributed by atoms with E-state index in [4.69, 9.17) is 15.0 Å². The van der Waals surface area contributed by atoms with Crippen LogP contribution in [0.2, 0.25) is 0 Å². The predicted octanol–water partition coefficient (Wildman–Crippen LogP) is 12.7. The maximum Gasteiger partial charge on any atom is 0.165 e. The molecule has 0 spiro atoms. The molecule has 1 aliphatic rings. The number of aromatic nitrogens is 5. The Balaban J connectivity index is 1.16. The van der Waals surface area contributed by atoms with E-state index in [1.165, 1.54) is 42.9 Å². The van der Waals surface area contributed by atoms with E-state index in [1.807, 2.05) is 18.2 Å². The Morgan fingerprint density at radius 1 is 0.436 bits per heavy atom. The highest BCUT2D eigenvalue weighted by atomic mass is 32.2. The van der Waals surface area contributed by atoms with Crippen molar-refractivity contribution in [3.8, 4) is 45.5 Å². The third-order valence-electron chi connectivity index (χ3n) is 10.9. The lowest BCUT2D eigenvalue weighted by atomic mass is 9.97. The van der Waals surface area contributed by atoms with E-state index < -0.39 is 0 Å². The minimum atomic E-state index is 0.645. The molecule has 3 aromatic heterocycles. The van der Waals surface area contributed by atoms with Crippen LogP contribution in [0, 0.1) is 0 Å². The van der Waals surface area contributed by atoms with Crippen molar-refractivity contribution in [2.45, 2.75) is 9.79 Å². The van der Waals surface area contributed by atoms with E-state index >= 15 is 0 Å². The number of fused-ring (bicyclic) bond motifs is 10. The smallest absolute Gasteiger partial charge is 0.165 e. The Bertz CT molecular complexity index is 3350. The van der Waals surface area contributed by atoms with Gasteiger partial charge in [-0.3, -0.25) is 9.13 Å². The zero-order chi connectivity index (χ0) is 36.0. The van der Waals surface area contributed by atoms with Crippen molar-refractivity contribution in [2.75, 3.05) is 0 Å². The molecule has 0 bridgehead atoms. The Morgan fingerprint density at radius 3 is 1.91 bits per heavy atom. The van der Waals surface area contributed by atoms with Gasteiger partial charge in [-0.05, 0) is 64.0 Å². The first-order valence-corrected chi connectivity index (χ1v) is 19.3. The number of hydrogen-bond donors (Lipinski definition) is 0. The number of nitrogens with zero attached hydrogens (tertiary/aromatic N) is 5. The van der Waals surface area contributed by atoms with Gasteiger partial charge < -0.3 is 0 Å². The highest BCUT2D eigenvalue weighted by Gasteiger charge is 2.30. The molecule has 55 heavy (non-hydrogen) atoms. The zero-order valence-corrected chi connectivity index (χ0v) is 30.2. The van der Waals surface area contributed by atoms with Gasteiger partial charge in [0.2, 0.25) is 0 Å². The molecule has 0 unspecified atom stereocenters. The molecule has 0 amide bonds. The molecular weight excluding hydrogens is 691 g/mol. The fourth-order valence-electron chi connectivity index (χ4n) is 8.59. The average Bonchev–Trinajstić information content (AvgIpc) is 3.78. The van der Waals surface area contributed by atoms with Crippen LogP contribution in [-0.4, -0.2) is 24.1 Å². The van der Waals surface area contributed by atoms with Crippen LogP contribution in [0.5, 0.6) is 0 Å². The summed E-state index contributed by atoms with van der Waals surface area (Å²) in [5.41, 5.74) is 8.70. The van der Waals surface area contributed by atoms with Crippen molar-refractivity contribution in [2.24, 2.45) is 0 Å². The molecule has 0 radical (unpaired) electrons. The summed E-state index contributed by atoms with van der Waals surface area (Å²) >= 11 is 1.80. The minimum absolute atomic E-state index is 0.645. The Morgan fingerprint density at radius 2 is 1.07 bits per heavy atom. The average molecular weight is 720 g/mol. The van der Waals surface area contributed by atoms with Crippen LogP contribution in [0.1, 0.15) is 0 Å². The minimum Gasteiger partial charge on any atom is -0.295 e. The molecule has 0 N–H and O–H groups in total. The molecule has 11 aromatic rings. The molecule has 8 aromatic carbocycles. The topological polar surface area (TPSA) is 48.5 Å². The van der Waals surface area contributed by atoms with Crippen molar-refractivity contribution in [1.29, 1.82) is 0 Å². The van der Waals surface area contributed by atoms with Gasteiger partial charge >= 0.3 is 0 Å². The molecule has 0 saturated heterocycles. The van der Waals surface area contributed by atoms with E-state index in [0.29, 0.717) is 17.5 Å². The first-order valence-electron chi connectivity index (χ1n) is 18.5. The summed E-state index contributed by atoms with van der Waals surface area (Å²) in [5.74, 6) is 1.94. The molecule has 0 saturated carbocycles. The monoisotopic (exact) mass is 719 g/mol. The van der Waals surface area contributed by atoms with Crippen LogP contribution < -0.4 is 0 Å². The van der Waals surface area contributed by atoms with Crippen molar-refractivity contribution >= 4 is 66.1 Å². The van der Waals surface area contributed by atoms with Crippen LogP contribution in [0.3, 0.4) is 0 Å². The number of para-hydroxylation sites is 3. The molecular formula is C49H29N5S. The summed E-state index contributed by atoms with van der Waals surface area (Å²) < 4.78 is 4.89. The van der Waals surface area contributed by atoms with E-state index in [2.05, 4.69) is 167 Å². The SMILES string of the molecule is c1ccc(-c2nc(-c3cccc4c3Sc3cccc5c6c7ccccc7n(-c7ccccc7)c6n-4c35)nc(-c3cc4ccccc4c4ccccc34)n2)cc1. The van der Waals surface area contributed by atoms with E-state index in [1.54, 1.807) is 11.8 Å². The van der Waals surface area contributed by atoms with Gasteiger partial charge in [0.15, 0.2) is 17.5 Å². The summed E-state index contributed by atoms with van der Waals surface area (Å²) in [6.45, 7) is 0. The molecule has 256 valence electrons. The summed E-state index contributed by atoms with van der Waals surface area (Å²) in [7, 11) is 0. The standard InChI is InChI=1S/C49H29N5S/c1-3-15-30(16-4-1)46-50-47(52-48(51-46)39-29-31-17-7-8-20-33(31)34-21-9-10-22-35(34)39)38-25-13-27-41-45(38)55-42-28-14-24-37-43-36-23-11-12-26-40(36)53(32-18-5-2-6-19-32)49(43)54(41)44(37)42/h1-29H. The van der Waals surface area contributed by atoms with Crippen LogP contribution in [0.4, 0.5) is 0 Å². The third-order valence-corrected chi connectivity index (χ3v) is 12.1. The lowest BCUT2D eigenvalue weighted by Gasteiger charge is -2.23. The highest BCUT2D eigenvalue weighted by Crippen LogP contribution is 2.51. The van der Waals surface area contributed by atoms with Crippen molar-refractivity contribution < 1.29 is 0 Å². The van der Waals surface area contributed by atoms with Crippen molar-refractivity contribution in [1.82, 2.24) is 24.1 Å².